The summed E-state index contributed by atoms with van der Waals surface area (Å²) in [6.45, 7) is 2.08. The average Bonchev–Trinajstić information content (AvgIpc) is 3.39. The Balaban J connectivity index is 1.62. The van der Waals surface area contributed by atoms with Crippen molar-refractivity contribution in [1.29, 1.82) is 0 Å². The zero-order valence-corrected chi connectivity index (χ0v) is 20.5. The molecule has 8 nitrogen and oxygen atoms in total. The van der Waals surface area contributed by atoms with Crippen molar-refractivity contribution in [3.63, 3.8) is 0 Å². The molecule has 0 spiro atoms. The van der Waals surface area contributed by atoms with Crippen LogP contribution in [-0.4, -0.2) is 36.1 Å². The molecule has 4 aromatic rings. The second-order valence-electron chi connectivity index (χ2n) is 8.77. The van der Waals surface area contributed by atoms with Crippen LogP contribution in [0, 0.1) is 6.92 Å². The molecule has 36 heavy (non-hydrogen) atoms. The highest BCUT2D eigenvalue weighted by molar-refractivity contribution is 5.85. The highest BCUT2D eigenvalue weighted by atomic mass is 16.5. The van der Waals surface area contributed by atoms with Gasteiger partial charge in [0.15, 0.2) is 11.5 Å². The van der Waals surface area contributed by atoms with Crippen LogP contribution in [0.1, 0.15) is 34.4 Å². The molecule has 1 N–H and O–H groups in total. The Kier molecular flexibility index (Phi) is 5.29. The lowest BCUT2D eigenvalue weighted by atomic mass is 9.84. The summed E-state index contributed by atoms with van der Waals surface area (Å²) in [6, 6.07) is 19.8. The third kappa shape index (κ3) is 3.45. The highest BCUT2D eigenvalue weighted by Crippen LogP contribution is 2.51. The number of aryl methyl sites for hydroxylation is 1. The number of nitrogens with zero attached hydrogens (tertiary/aromatic N) is 3. The van der Waals surface area contributed by atoms with Crippen molar-refractivity contribution in [3.8, 4) is 23.0 Å². The van der Waals surface area contributed by atoms with Crippen LogP contribution in [-0.2, 0) is 0 Å². The largest absolute Gasteiger partial charge is 0.497 e. The monoisotopic (exact) mass is 482 g/mol. The SMILES string of the molecule is COc1cccc([C@@H]2C3=C(Nc4ncnn42)c2cc(C)ccc2O[C@@H]3c2ccc(OC)c(OC)c2)c1. The van der Waals surface area contributed by atoms with E-state index in [2.05, 4.69) is 40.5 Å². The number of aromatic nitrogens is 3. The normalized spacial score (nSPS) is 17.8. The number of nitrogens with one attached hydrogen (secondary N) is 1. The van der Waals surface area contributed by atoms with Crippen molar-refractivity contribution in [1.82, 2.24) is 14.8 Å². The van der Waals surface area contributed by atoms with E-state index in [0.717, 1.165) is 45.0 Å². The van der Waals surface area contributed by atoms with Gasteiger partial charge in [0.25, 0.3) is 0 Å². The van der Waals surface area contributed by atoms with Crippen molar-refractivity contribution in [2.45, 2.75) is 19.1 Å². The summed E-state index contributed by atoms with van der Waals surface area (Å²) in [5.41, 5.74) is 6.06. The molecule has 0 saturated carbocycles. The molecule has 6 rings (SSSR count). The Labute approximate surface area is 209 Å². The van der Waals surface area contributed by atoms with E-state index < -0.39 is 6.10 Å². The minimum atomic E-state index is -0.420. The smallest absolute Gasteiger partial charge is 0.226 e. The molecule has 3 heterocycles. The molecule has 0 amide bonds. The molecule has 2 aliphatic rings. The van der Waals surface area contributed by atoms with Crippen LogP contribution in [0.3, 0.4) is 0 Å². The van der Waals surface area contributed by atoms with Gasteiger partial charge in [-0.3, -0.25) is 0 Å². The number of hydrogen-bond acceptors (Lipinski definition) is 7. The van der Waals surface area contributed by atoms with Crippen LogP contribution < -0.4 is 24.3 Å². The molecule has 8 heteroatoms. The lowest BCUT2D eigenvalue weighted by Crippen LogP contribution is -2.32. The van der Waals surface area contributed by atoms with Gasteiger partial charge in [0, 0.05) is 16.7 Å². The molecule has 3 aromatic carbocycles. The molecular weight excluding hydrogens is 456 g/mol. The summed E-state index contributed by atoms with van der Waals surface area (Å²) in [5.74, 6) is 3.53. The van der Waals surface area contributed by atoms with Crippen molar-refractivity contribution >= 4 is 11.6 Å². The number of anilines is 1. The molecule has 1 aromatic heterocycles. The minimum absolute atomic E-state index is 0.277. The lowest BCUT2D eigenvalue weighted by molar-refractivity contribution is 0.222. The Morgan fingerprint density at radius 1 is 0.889 bits per heavy atom. The summed E-state index contributed by atoms with van der Waals surface area (Å²) in [6.07, 6.45) is 1.15. The Morgan fingerprint density at radius 2 is 1.75 bits per heavy atom. The lowest BCUT2D eigenvalue weighted by Gasteiger charge is -2.39. The van der Waals surface area contributed by atoms with E-state index in [0.29, 0.717) is 17.4 Å². The third-order valence-corrected chi connectivity index (χ3v) is 6.69. The Hall–Kier alpha value is -4.46. The molecule has 182 valence electrons. The van der Waals surface area contributed by atoms with E-state index in [4.69, 9.17) is 18.9 Å². The molecule has 0 unspecified atom stereocenters. The number of methoxy groups -OCH3 is 3. The zero-order valence-electron chi connectivity index (χ0n) is 20.5. The third-order valence-electron chi connectivity index (χ3n) is 6.69. The van der Waals surface area contributed by atoms with Crippen LogP contribution in [0.5, 0.6) is 23.0 Å². The molecular formula is C28H26N4O4. The Morgan fingerprint density at radius 3 is 2.56 bits per heavy atom. The van der Waals surface area contributed by atoms with Gasteiger partial charge < -0.3 is 24.3 Å². The number of fused-ring (bicyclic) bond motifs is 3. The van der Waals surface area contributed by atoms with E-state index in [1.807, 2.05) is 47.1 Å². The van der Waals surface area contributed by atoms with Crippen LogP contribution in [0.15, 0.2) is 72.6 Å². The number of benzene rings is 3. The van der Waals surface area contributed by atoms with Gasteiger partial charge >= 0.3 is 0 Å². The van der Waals surface area contributed by atoms with Crippen molar-refractivity contribution in [3.05, 3.63) is 94.8 Å². The fourth-order valence-electron chi connectivity index (χ4n) is 5.01. The van der Waals surface area contributed by atoms with Gasteiger partial charge in [-0.1, -0.05) is 29.8 Å². The van der Waals surface area contributed by atoms with E-state index in [1.54, 1.807) is 27.7 Å². The maximum absolute atomic E-state index is 6.73. The summed E-state index contributed by atoms with van der Waals surface area (Å²) >= 11 is 0. The first kappa shape index (κ1) is 22.0. The van der Waals surface area contributed by atoms with E-state index in [1.165, 1.54) is 0 Å². The van der Waals surface area contributed by atoms with Crippen molar-refractivity contribution < 1.29 is 18.9 Å². The molecule has 2 aliphatic heterocycles. The van der Waals surface area contributed by atoms with Crippen molar-refractivity contribution in [2.75, 3.05) is 26.6 Å². The van der Waals surface area contributed by atoms with Gasteiger partial charge in [-0.25, -0.2) is 4.68 Å². The predicted octanol–water partition coefficient (Wildman–Crippen LogP) is 5.17. The first-order chi connectivity index (χ1) is 17.6. The average molecular weight is 483 g/mol. The molecule has 2 atom stereocenters. The predicted molar refractivity (Wildman–Crippen MR) is 136 cm³/mol. The Bertz CT molecular complexity index is 1490. The molecule has 0 aliphatic carbocycles. The van der Waals surface area contributed by atoms with Gasteiger partial charge in [0.2, 0.25) is 5.95 Å². The quantitative estimate of drug-likeness (QED) is 0.420. The first-order valence-corrected chi connectivity index (χ1v) is 11.7. The molecule has 0 radical (unpaired) electrons. The summed E-state index contributed by atoms with van der Waals surface area (Å²) < 4.78 is 25.3. The maximum Gasteiger partial charge on any atom is 0.226 e. The fraction of sp³-hybridized carbons (Fsp3) is 0.214. The van der Waals surface area contributed by atoms with Gasteiger partial charge in [-0.15, -0.1) is 0 Å². The molecule has 0 fully saturated rings. The first-order valence-electron chi connectivity index (χ1n) is 11.7. The summed E-state index contributed by atoms with van der Waals surface area (Å²) in [7, 11) is 4.93. The van der Waals surface area contributed by atoms with Crippen molar-refractivity contribution in [2.24, 2.45) is 0 Å². The number of hydrogen-bond donors (Lipinski definition) is 1. The fourth-order valence-corrected chi connectivity index (χ4v) is 5.01. The number of rotatable bonds is 5. The topological polar surface area (TPSA) is 79.7 Å². The van der Waals surface area contributed by atoms with E-state index in [-0.39, 0.29) is 6.04 Å². The van der Waals surface area contributed by atoms with Gasteiger partial charge in [-0.05, 0) is 48.9 Å². The van der Waals surface area contributed by atoms with Crippen LogP contribution in [0.25, 0.3) is 5.70 Å². The highest BCUT2D eigenvalue weighted by Gasteiger charge is 2.41. The number of ether oxygens (including phenoxy) is 4. The van der Waals surface area contributed by atoms with Gasteiger partial charge in [0.05, 0.1) is 27.0 Å². The minimum Gasteiger partial charge on any atom is -0.497 e. The standard InChI is InChI=1S/C28H26N4O4/c1-16-8-10-21-20(12-16)25-24(27(36-21)18-9-11-22(34-3)23(14-18)35-4)26(32-28(31-25)29-15-30-32)17-6-5-7-19(13-17)33-2/h5-15,26-27H,1-4H3,(H,29,30,31)/t26-,27-/m1/s1. The zero-order chi connectivity index (χ0) is 24.8. The second-order valence-corrected chi connectivity index (χ2v) is 8.77. The van der Waals surface area contributed by atoms with E-state index >= 15 is 0 Å². The maximum atomic E-state index is 6.73. The summed E-state index contributed by atoms with van der Waals surface area (Å²) in [5, 5.41) is 8.14. The van der Waals surface area contributed by atoms with E-state index in [9.17, 15) is 0 Å². The van der Waals surface area contributed by atoms with Crippen LogP contribution in [0.4, 0.5) is 5.95 Å². The molecule has 0 bridgehead atoms. The van der Waals surface area contributed by atoms with Crippen LogP contribution in [0.2, 0.25) is 0 Å². The summed E-state index contributed by atoms with van der Waals surface area (Å²) in [4.78, 5) is 4.51. The molecule has 0 saturated heterocycles. The van der Waals surface area contributed by atoms with Gasteiger partial charge in [0.1, 0.15) is 30.0 Å². The van der Waals surface area contributed by atoms with Gasteiger partial charge in [-0.2, -0.15) is 10.1 Å². The second kappa shape index (κ2) is 8.64. The van der Waals surface area contributed by atoms with Crippen LogP contribution >= 0.6 is 0 Å².